The lowest BCUT2D eigenvalue weighted by Crippen LogP contribution is -1.92. The van der Waals surface area contributed by atoms with Gasteiger partial charge in [-0.25, -0.2) is 4.52 Å². The van der Waals surface area contributed by atoms with Crippen molar-refractivity contribution in [2.24, 2.45) is 0 Å². The first-order chi connectivity index (χ1) is 9.19. The highest BCUT2D eigenvalue weighted by Crippen LogP contribution is 2.34. The Morgan fingerprint density at radius 3 is 2.89 bits per heavy atom. The van der Waals surface area contributed by atoms with E-state index in [0.29, 0.717) is 16.4 Å². The Morgan fingerprint density at radius 1 is 1.26 bits per heavy atom. The van der Waals surface area contributed by atoms with Gasteiger partial charge in [-0.05, 0) is 30.3 Å². The molecule has 0 aliphatic carbocycles. The number of fused-ring (bicyclic) bond motifs is 1. The highest BCUT2D eigenvalue weighted by molar-refractivity contribution is 6.30. The van der Waals surface area contributed by atoms with Gasteiger partial charge in [0.05, 0.1) is 7.11 Å². The van der Waals surface area contributed by atoms with E-state index in [1.165, 1.54) is 0 Å². The zero-order valence-corrected chi connectivity index (χ0v) is 10.9. The van der Waals surface area contributed by atoms with E-state index in [-0.39, 0.29) is 5.95 Å². The zero-order chi connectivity index (χ0) is 13.4. The van der Waals surface area contributed by atoms with Crippen molar-refractivity contribution in [3.63, 3.8) is 0 Å². The van der Waals surface area contributed by atoms with Gasteiger partial charge in [0, 0.05) is 22.3 Å². The Balaban J connectivity index is 2.29. The topological polar surface area (TPSA) is 65.4 Å². The third-order valence-corrected chi connectivity index (χ3v) is 3.07. The molecule has 0 atom stereocenters. The maximum Gasteiger partial charge on any atom is 0.240 e. The van der Waals surface area contributed by atoms with Crippen LogP contribution in [0.25, 0.3) is 16.8 Å². The average Bonchev–Trinajstić information content (AvgIpc) is 2.78. The molecule has 0 fully saturated rings. The number of nitrogens with zero attached hydrogens (tertiary/aromatic N) is 3. The molecule has 3 rings (SSSR count). The number of rotatable bonds is 2. The molecule has 2 N–H and O–H groups in total. The number of methoxy groups -OCH3 is 1. The molecule has 6 heteroatoms. The molecule has 0 aliphatic rings. The molecular weight excluding hydrogens is 264 g/mol. The van der Waals surface area contributed by atoms with Crippen molar-refractivity contribution in [2.75, 3.05) is 12.8 Å². The standard InChI is InChI=1S/C13H11ClN4O/c1-19-11-7-8(14)4-5-9(11)10-3-2-6-18-12(10)16-13(15)17-18/h2-7H,1H3,(H2,15,17). The summed E-state index contributed by atoms with van der Waals surface area (Å²) in [5, 5.41) is 4.71. The van der Waals surface area contributed by atoms with Crippen LogP contribution in [-0.2, 0) is 0 Å². The second-order valence-corrected chi connectivity index (χ2v) is 4.44. The summed E-state index contributed by atoms with van der Waals surface area (Å²) in [5.41, 5.74) is 8.10. The van der Waals surface area contributed by atoms with Crippen LogP contribution in [0.15, 0.2) is 36.5 Å². The highest BCUT2D eigenvalue weighted by atomic mass is 35.5. The first-order valence-electron chi connectivity index (χ1n) is 5.64. The first-order valence-corrected chi connectivity index (χ1v) is 6.01. The highest BCUT2D eigenvalue weighted by Gasteiger charge is 2.12. The van der Waals surface area contributed by atoms with Crippen LogP contribution < -0.4 is 10.5 Å². The predicted octanol–water partition coefficient (Wildman–Crippen LogP) is 2.64. The van der Waals surface area contributed by atoms with Crippen molar-refractivity contribution in [1.82, 2.24) is 14.6 Å². The third kappa shape index (κ3) is 1.98. The summed E-state index contributed by atoms with van der Waals surface area (Å²) in [5.74, 6) is 0.919. The number of hydrogen-bond donors (Lipinski definition) is 1. The first kappa shape index (κ1) is 11.8. The summed E-state index contributed by atoms with van der Waals surface area (Å²) in [6, 6.07) is 9.28. The maximum atomic E-state index is 5.97. The van der Waals surface area contributed by atoms with Crippen molar-refractivity contribution in [2.45, 2.75) is 0 Å². The van der Waals surface area contributed by atoms with Gasteiger partial charge < -0.3 is 10.5 Å². The van der Waals surface area contributed by atoms with Gasteiger partial charge in [-0.15, -0.1) is 5.10 Å². The minimum atomic E-state index is 0.236. The van der Waals surface area contributed by atoms with Crippen molar-refractivity contribution in [1.29, 1.82) is 0 Å². The number of nitrogens with two attached hydrogens (primary N) is 1. The van der Waals surface area contributed by atoms with Gasteiger partial charge in [-0.1, -0.05) is 11.6 Å². The fourth-order valence-electron chi connectivity index (χ4n) is 2.02. The molecule has 0 saturated carbocycles. The van der Waals surface area contributed by atoms with E-state index in [1.54, 1.807) is 23.9 Å². The van der Waals surface area contributed by atoms with E-state index in [9.17, 15) is 0 Å². The zero-order valence-electron chi connectivity index (χ0n) is 10.2. The van der Waals surface area contributed by atoms with Crippen LogP contribution in [0.1, 0.15) is 0 Å². The normalized spacial score (nSPS) is 10.8. The van der Waals surface area contributed by atoms with Crippen molar-refractivity contribution >= 4 is 23.2 Å². The molecule has 3 aromatic rings. The fourth-order valence-corrected chi connectivity index (χ4v) is 2.18. The average molecular weight is 275 g/mol. The van der Waals surface area contributed by atoms with Gasteiger partial charge in [0.1, 0.15) is 5.75 Å². The lowest BCUT2D eigenvalue weighted by molar-refractivity contribution is 0.416. The molecule has 0 saturated heterocycles. The van der Waals surface area contributed by atoms with Crippen LogP contribution in [0.3, 0.4) is 0 Å². The molecule has 0 radical (unpaired) electrons. The van der Waals surface area contributed by atoms with Gasteiger partial charge in [-0.3, -0.25) is 0 Å². The molecule has 1 aromatic carbocycles. The minimum Gasteiger partial charge on any atom is -0.496 e. The lowest BCUT2D eigenvalue weighted by atomic mass is 10.1. The van der Waals surface area contributed by atoms with Crippen LogP contribution in [0.4, 0.5) is 5.95 Å². The number of pyridine rings is 1. The molecule has 5 nitrogen and oxygen atoms in total. The third-order valence-electron chi connectivity index (χ3n) is 2.83. The van der Waals surface area contributed by atoms with Gasteiger partial charge in [0.25, 0.3) is 0 Å². The molecular formula is C13H11ClN4O. The number of anilines is 1. The van der Waals surface area contributed by atoms with Crippen LogP contribution >= 0.6 is 11.6 Å². The molecule has 0 aliphatic heterocycles. The van der Waals surface area contributed by atoms with Crippen LogP contribution in [-0.4, -0.2) is 21.7 Å². The van der Waals surface area contributed by atoms with Crippen LogP contribution in [0.2, 0.25) is 5.02 Å². The molecule has 2 heterocycles. The van der Waals surface area contributed by atoms with Gasteiger partial charge >= 0.3 is 0 Å². The minimum absolute atomic E-state index is 0.236. The van der Waals surface area contributed by atoms with Gasteiger partial charge in [0.15, 0.2) is 5.65 Å². The Hall–Kier alpha value is -2.27. The lowest BCUT2D eigenvalue weighted by Gasteiger charge is -2.09. The molecule has 96 valence electrons. The smallest absolute Gasteiger partial charge is 0.240 e. The molecule has 0 unspecified atom stereocenters. The number of aromatic nitrogens is 3. The number of ether oxygens (including phenoxy) is 1. The number of halogens is 1. The van der Waals surface area contributed by atoms with Crippen molar-refractivity contribution in [3.8, 4) is 16.9 Å². The second kappa shape index (κ2) is 4.44. The van der Waals surface area contributed by atoms with Crippen molar-refractivity contribution < 1.29 is 4.74 Å². The fraction of sp³-hybridized carbons (Fsp3) is 0.0769. The second-order valence-electron chi connectivity index (χ2n) is 4.00. The molecule has 0 bridgehead atoms. The Morgan fingerprint density at radius 2 is 2.11 bits per heavy atom. The predicted molar refractivity (Wildman–Crippen MR) is 74.4 cm³/mol. The molecule has 2 aromatic heterocycles. The maximum absolute atomic E-state index is 5.97. The van der Waals surface area contributed by atoms with Crippen molar-refractivity contribution in [3.05, 3.63) is 41.6 Å². The van der Waals surface area contributed by atoms with E-state index >= 15 is 0 Å². The number of nitrogen functional groups attached to an aromatic ring is 1. The molecule has 19 heavy (non-hydrogen) atoms. The van der Waals surface area contributed by atoms with E-state index < -0.39 is 0 Å². The van der Waals surface area contributed by atoms with E-state index in [2.05, 4.69) is 10.1 Å². The summed E-state index contributed by atoms with van der Waals surface area (Å²) in [6.07, 6.45) is 1.80. The van der Waals surface area contributed by atoms with Crippen LogP contribution in [0.5, 0.6) is 5.75 Å². The van der Waals surface area contributed by atoms with Crippen LogP contribution in [0, 0.1) is 0 Å². The number of hydrogen-bond acceptors (Lipinski definition) is 4. The largest absolute Gasteiger partial charge is 0.496 e. The summed E-state index contributed by atoms with van der Waals surface area (Å²) in [4.78, 5) is 4.23. The van der Waals surface area contributed by atoms with E-state index in [0.717, 1.165) is 11.1 Å². The monoisotopic (exact) mass is 274 g/mol. The quantitative estimate of drug-likeness (QED) is 0.780. The van der Waals surface area contributed by atoms with Gasteiger partial charge in [0.2, 0.25) is 5.95 Å². The summed E-state index contributed by atoms with van der Waals surface area (Å²) < 4.78 is 7.00. The Kier molecular flexibility index (Phi) is 2.76. The summed E-state index contributed by atoms with van der Waals surface area (Å²) in [7, 11) is 1.60. The SMILES string of the molecule is COc1cc(Cl)ccc1-c1cccn2nc(N)nc12. The molecule has 0 amide bonds. The summed E-state index contributed by atoms with van der Waals surface area (Å²) >= 11 is 5.97. The van der Waals surface area contributed by atoms with E-state index in [4.69, 9.17) is 22.1 Å². The summed E-state index contributed by atoms with van der Waals surface area (Å²) in [6.45, 7) is 0. The molecule has 0 spiro atoms. The number of benzene rings is 1. The Bertz CT molecular complexity index is 753. The van der Waals surface area contributed by atoms with Gasteiger partial charge in [-0.2, -0.15) is 4.98 Å². The van der Waals surface area contributed by atoms with E-state index in [1.807, 2.05) is 24.3 Å². The Labute approximate surface area is 114 Å².